The third-order valence-electron chi connectivity index (χ3n) is 3.43. The number of hydrogen-bond donors (Lipinski definition) is 0. The fraction of sp³-hybridized carbons (Fsp3) is 0.571. The minimum absolute atomic E-state index is 0.207. The van der Waals surface area contributed by atoms with Gasteiger partial charge in [-0.25, -0.2) is 0 Å². The van der Waals surface area contributed by atoms with Crippen LogP contribution in [0.1, 0.15) is 34.8 Å². The molecule has 0 aromatic heterocycles. The number of ether oxygens (including phenoxy) is 1. The Labute approximate surface area is 103 Å². The second-order valence-electron chi connectivity index (χ2n) is 4.81. The maximum Gasteiger partial charge on any atom is 0.0870 e. The van der Waals surface area contributed by atoms with Gasteiger partial charge in [-0.2, -0.15) is 0 Å². The van der Waals surface area contributed by atoms with Crippen molar-refractivity contribution in [3.8, 4) is 0 Å². The van der Waals surface area contributed by atoms with E-state index in [0.29, 0.717) is 11.8 Å². The molecule has 0 aliphatic carbocycles. The third kappa shape index (κ3) is 2.11. The number of rotatable bonds is 2. The Hall–Kier alpha value is -0.530. The molecule has 1 aromatic carbocycles. The van der Waals surface area contributed by atoms with Crippen LogP contribution in [0.15, 0.2) is 12.1 Å². The van der Waals surface area contributed by atoms with Crippen LogP contribution in [-0.4, -0.2) is 12.5 Å². The van der Waals surface area contributed by atoms with Gasteiger partial charge in [-0.15, -0.1) is 11.6 Å². The van der Waals surface area contributed by atoms with Crippen molar-refractivity contribution in [1.29, 1.82) is 0 Å². The van der Waals surface area contributed by atoms with Crippen LogP contribution in [0.3, 0.4) is 0 Å². The van der Waals surface area contributed by atoms with Crippen LogP contribution in [0, 0.1) is 26.7 Å². The zero-order chi connectivity index (χ0) is 11.7. The van der Waals surface area contributed by atoms with Crippen molar-refractivity contribution in [3.63, 3.8) is 0 Å². The van der Waals surface area contributed by atoms with E-state index in [1.165, 1.54) is 22.3 Å². The molecule has 0 radical (unpaired) electrons. The lowest BCUT2D eigenvalue weighted by atomic mass is 9.89. The van der Waals surface area contributed by atoms with Crippen molar-refractivity contribution in [3.05, 3.63) is 34.4 Å². The summed E-state index contributed by atoms with van der Waals surface area (Å²) in [6.45, 7) is 7.32. The van der Waals surface area contributed by atoms with Gasteiger partial charge < -0.3 is 4.74 Å². The number of aryl methyl sites for hydroxylation is 3. The number of benzene rings is 1. The molecule has 0 amide bonds. The van der Waals surface area contributed by atoms with E-state index in [4.69, 9.17) is 16.3 Å². The number of alkyl halides is 1. The van der Waals surface area contributed by atoms with Crippen LogP contribution in [0.25, 0.3) is 0 Å². The van der Waals surface area contributed by atoms with Crippen LogP contribution in [0.4, 0.5) is 0 Å². The van der Waals surface area contributed by atoms with Crippen LogP contribution < -0.4 is 0 Å². The van der Waals surface area contributed by atoms with Crippen molar-refractivity contribution in [2.45, 2.75) is 33.3 Å². The first-order valence-corrected chi connectivity index (χ1v) is 6.42. The molecular formula is C14H19ClO. The van der Waals surface area contributed by atoms with Crippen molar-refractivity contribution < 1.29 is 4.74 Å². The first-order valence-electron chi connectivity index (χ1n) is 5.88. The zero-order valence-electron chi connectivity index (χ0n) is 10.2. The van der Waals surface area contributed by atoms with Gasteiger partial charge in [0.25, 0.3) is 0 Å². The fourth-order valence-electron chi connectivity index (χ4n) is 2.75. The molecular weight excluding hydrogens is 220 g/mol. The molecule has 16 heavy (non-hydrogen) atoms. The van der Waals surface area contributed by atoms with Crippen LogP contribution in [0.2, 0.25) is 0 Å². The minimum atomic E-state index is 0.207. The van der Waals surface area contributed by atoms with Gasteiger partial charge in [0.05, 0.1) is 6.10 Å². The van der Waals surface area contributed by atoms with Gasteiger partial charge in [-0.3, -0.25) is 0 Å². The molecule has 0 bridgehead atoms. The molecule has 88 valence electrons. The molecule has 1 aliphatic heterocycles. The third-order valence-corrected chi connectivity index (χ3v) is 3.83. The lowest BCUT2D eigenvalue weighted by Gasteiger charge is -2.21. The molecule has 1 aromatic rings. The second kappa shape index (κ2) is 4.77. The van der Waals surface area contributed by atoms with Gasteiger partial charge in [0, 0.05) is 18.4 Å². The summed E-state index contributed by atoms with van der Waals surface area (Å²) in [5.74, 6) is 1.17. The maximum atomic E-state index is 6.01. The first-order chi connectivity index (χ1) is 7.63. The summed E-state index contributed by atoms with van der Waals surface area (Å²) in [7, 11) is 0. The van der Waals surface area contributed by atoms with E-state index in [-0.39, 0.29) is 6.10 Å². The average Bonchev–Trinajstić information content (AvgIpc) is 2.64. The topological polar surface area (TPSA) is 9.23 Å². The highest BCUT2D eigenvalue weighted by atomic mass is 35.5. The van der Waals surface area contributed by atoms with Crippen molar-refractivity contribution in [1.82, 2.24) is 0 Å². The SMILES string of the molecule is Cc1cc(C)c(C2OCCC2CCl)c(C)c1. The normalized spacial score (nSPS) is 25.0. The van der Waals surface area contributed by atoms with Gasteiger partial charge in [0.15, 0.2) is 0 Å². The first kappa shape index (κ1) is 11.9. The molecule has 2 heteroatoms. The van der Waals surface area contributed by atoms with Crippen molar-refractivity contribution >= 4 is 11.6 Å². The Morgan fingerprint density at radius 3 is 2.44 bits per heavy atom. The fourth-order valence-corrected chi connectivity index (χ4v) is 3.07. The van der Waals surface area contributed by atoms with Crippen molar-refractivity contribution in [2.24, 2.45) is 5.92 Å². The van der Waals surface area contributed by atoms with Gasteiger partial charge in [0.1, 0.15) is 0 Å². The summed E-state index contributed by atoms with van der Waals surface area (Å²) in [6, 6.07) is 4.46. The second-order valence-corrected chi connectivity index (χ2v) is 5.12. The van der Waals surface area contributed by atoms with Gasteiger partial charge >= 0.3 is 0 Å². The monoisotopic (exact) mass is 238 g/mol. The molecule has 1 fully saturated rings. The van der Waals surface area contributed by atoms with Crippen LogP contribution in [0.5, 0.6) is 0 Å². The summed E-state index contributed by atoms with van der Waals surface area (Å²) < 4.78 is 5.86. The lowest BCUT2D eigenvalue weighted by molar-refractivity contribution is 0.0941. The Morgan fingerprint density at radius 2 is 1.88 bits per heavy atom. The maximum absolute atomic E-state index is 6.01. The van der Waals surface area contributed by atoms with Crippen molar-refractivity contribution in [2.75, 3.05) is 12.5 Å². The summed E-state index contributed by atoms with van der Waals surface area (Å²) in [5.41, 5.74) is 5.34. The molecule has 1 saturated heterocycles. The summed E-state index contributed by atoms with van der Waals surface area (Å²) >= 11 is 6.01. The highest BCUT2D eigenvalue weighted by Gasteiger charge is 2.30. The predicted molar refractivity (Wildman–Crippen MR) is 68.2 cm³/mol. The summed E-state index contributed by atoms with van der Waals surface area (Å²) in [5, 5.41) is 0. The lowest BCUT2D eigenvalue weighted by Crippen LogP contribution is -2.12. The molecule has 1 heterocycles. The Balaban J connectivity index is 2.39. The average molecular weight is 239 g/mol. The Kier molecular flexibility index (Phi) is 3.56. The number of hydrogen-bond acceptors (Lipinski definition) is 1. The van der Waals surface area contributed by atoms with E-state index in [2.05, 4.69) is 32.9 Å². The predicted octanol–water partition coefficient (Wildman–Crippen LogP) is 3.93. The molecule has 2 unspecified atom stereocenters. The highest BCUT2D eigenvalue weighted by Crippen LogP contribution is 2.38. The van der Waals surface area contributed by atoms with Gasteiger partial charge in [-0.05, 0) is 43.9 Å². The summed E-state index contributed by atoms with van der Waals surface area (Å²) in [6.07, 6.45) is 1.29. The van der Waals surface area contributed by atoms with Gasteiger partial charge in [-0.1, -0.05) is 17.7 Å². The van der Waals surface area contributed by atoms with E-state index >= 15 is 0 Å². The molecule has 0 saturated carbocycles. The molecule has 2 rings (SSSR count). The van der Waals surface area contributed by atoms with Crippen LogP contribution >= 0.6 is 11.6 Å². The van der Waals surface area contributed by atoms with E-state index < -0.39 is 0 Å². The van der Waals surface area contributed by atoms with E-state index in [9.17, 15) is 0 Å². The standard InChI is InChI=1S/C14H19ClO/c1-9-6-10(2)13(11(3)7-9)14-12(8-15)4-5-16-14/h6-7,12,14H,4-5,8H2,1-3H3. The molecule has 0 N–H and O–H groups in total. The Bertz CT molecular complexity index is 363. The molecule has 1 aliphatic rings. The van der Waals surface area contributed by atoms with E-state index in [1.54, 1.807) is 0 Å². The molecule has 0 spiro atoms. The zero-order valence-corrected chi connectivity index (χ0v) is 11.0. The minimum Gasteiger partial charge on any atom is -0.373 e. The Morgan fingerprint density at radius 1 is 1.25 bits per heavy atom. The number of halogens is 1. The van der Waals surface area contributed by atoms with E-state index in [0.717, 1.165) is 13.0 Å². The smallest absolute Gasteiger partial charge is 0.0870 e. The quantitative estimate of drug-likeness (QED) is 0.710. The van der Waals surface area contributed by atoms with E-state index in [1.807, 2.05) is 0 Å². The largest absolute Gasteiger partial charge is 0.373 e. The highest BCUT2D eigenvalue weighted by molar-refractivity contribution is 6.18. The van der Waals surface area contributed by atoms with Gasteiger partial charge in [0.2, 0.25) is 0 Å². The molecule has 2 atom stereocenters. The summed E-state index contributed by atoms with van der Waals surface area (Å²) in [4.78, 5) is 0. The van der Waals surface area contributed by atoms with Crippen LogP contribution in [-0.2, 0) is 4.74 Å². The molecule has 1 nitrogen and oxygen atoms in total.